The molecule has 0 fully saturated rings. The summed E-state index contributed by atoms with van der Waals surface area (Å²) in [5, 5.41) is 13.4. The van der Waals surface area contributed by atoms with E-state index in [-0.39, 0.29) is 30.4 Å². The van der Waals surface area contributed by atoms with Gasteiger partial charge in [-0.15, -0.1) is 16.4 Å². The van der Waals surface area contributed by atoms with Crippen molar-refractivity contribution < 1.29 is 13.6 Å². The molecule has 2 N–H and O–H groups in total. The molecular weight excluding hydrogens is 328 g/mol. The molecule has 0 aromatic carbocycles. The second-order valence-corrected chi connectivity index (χ2v) is 6.87. The fourth-order valence-corrected chi connectivity index (χ4v) is 3.40. The highest BCUT2D eigenvalue weighted by atomic mass is 32.1. The maximum Gasteiger partial charge on any atom is 0.322 e. The molecule has 3 rings (SSSR count). The van der Waals surface area contributed by atoms with Crippen LogP contribution in [0.3, 0.4) is 0 Å². The van der Waals surface area contributed by atoms with Crippen molar-refractivity contribution in [2.75, 3.05) is 11.9 Å². The van der Waals surface area contributed by atoms with E-state index in [9.17, 15) is 4.79 Å². The van der Waals surface area contributed by atoms with Crippen LogP contribution >= 0.6 is 11.3 Å². The van der Waals surface area contributed by atoms with Gasteiger partial charge in [0.2, 0.25) is 5.91 Å². The fourth-order valence-electron chi connectivity index (χ4n) is 2.37. The van der Waals surface area contributed by atoms with E-state index in [1.165, 1.54) is 21.6 Å². The molecule has 0 radical (unpaired) electrons. The molecule has 0 aliphatic rings. The van der Waals surface area contributed by atoms with Gasteiger partial charge in [0.05, 0.1) is 12.8 Å². The summed E-state index contributed by atoms with van der Waals surface area (Å²) in [6.45, 7) is 6.34. The second kappa shape index (κ2) is 6.98. The van der Waals surface area contributed by atoms with Gasteiger partial charge in [0.25, 0.3) is 5.89 Å². The molecule has 1 atom stereocenters. The lowest BCUT2D eigenvalue weighted by Crippen LogP contribution is -2.30. The van der Waals surface area contributed by atoms with E-state index in [2.05, 4.69) is 40.7 Å². The number of aromatic nitrogens is 2. The molecular formula is C16H18N4O3S. The molecule has 3 aromatic heterocycles. The third-order valence-corrected chi connectivity index (χ3v) is 4.50. The molecule has 0 aliphatic carbocycles. The topological polar surface area (TPSA) is 93.2 Å². The minimum atomic E-state index is -0.249. The zero-order chi connectivity index (χ0) is 17.1. The SMILES string of the molecule is Cc1cc([C@H](C)NCC(=O)Nc2nnc(-c3ccco3)o2)c(C)s1. The summed E-state index contributed by atoms with van der Waals surface area (Å²) in [6, 6.07) is 5.69. The zero-order valence-corrected chi connectivity index (χ0v) is 14.4. The first-order chi connectivity index (χ1) is 11.5. The Labute approximate surface area is 143 Å². The molecule has 126 valence electrons. The summed E-state index contributed by atoms with van der Waals surface area (Å²) in [7, 11) is 0. The molecule has 0 saturated carbocycles. The van der Waals surface area contributed by atoms with Crippen molar-refractivity contribution in [3.8, 4) is 11.7 Å². The molecule has 7 nitrogen and oxygen atoms in total. The number of carbonyl (C=O) groups is 1. The highest BCUT2D eigenvalue weighted by Gasteiger charge is 2.15. The smallest absolute Gasteiger partial charge is 0.322 e. The van der Waals surface area contributed by atoms with Gasteiger partial charge in [0.15, 0.2) is 5.76 Å². The van der Waals surface area contributed by atoms with Crippen LogP contribution in [0.25, 0.3) is 11.7 Å². The number of carbonyl (C=O) groups excluding carboxylic acids is 1. The highest BCUT2D eigenvalue weighted by molar-refractivity contribution is 7.12. The van der Waals surface area contributed by atoms with E-state index >= 15 is 0 Å². The van der Waals surface area contributed by atoms with Crippen molar-refractivity contribution in [3.05, 3.63) is 39.8 Å². The number of anilines is 1. The maximum atomic E-state index is 12.0. The van der Waals surface area contributed by atoms with E-state index in [0.717, 1.165) is 0 Å². The van der Waals surface area contributed by atoms with Crippen LogP contribution in [-0.2, 0) is 4.79 Å². The normalized spacial score (nSPS) is 12.3. The number of rotatable bonds is 6. The summed E-state index contributed by atoms with van der Waals surface area (Å²) in [4.78, 5) is 14.5. The third-order valence-electron chi connectivity index (χ3n) is 3.52. The lowest BCUT2D eigenvalue weighted by molar-refractivity contribution is -0.115. The zero-order valence-electron chi connectivity index (χ0n) is 13.6. The lowest BCUT2D eigenvalue weighted by Gasteiger charge is -2.13. The van der Waals surface area contributed by atoms with Crippen LogP contribution in [0.15, 0.2) is 33.3 Å². The Hall–Kier alpha value is -2.45. The first kappa shape index (κ1) is 16.4. The quantitative estimate of drug-likeness (QED) is 0.711. The van der Waals surface area contributed by atoms with Crippen molar-refractivity contribution in [2.24, 2.45) is 0 Å². The van der Waals surface area contributed by atoms with Crippen molar-refractivity contribution in [2.45, 2.75) is 26.8 Å². The number of thiophene rings is 1. The minimum Gasteiger partial charge on any atom is -0.459 e. The van der Waals surface area contributed by atoms with Gasteiger partial charge in [-0.05, 0) is 44.5 Å². The molecule has 3 aromatic rings. The number of nitrogens with one attached hydrogen (secondary N) is 2. The number of amides is 1. The number of furan rings is 1. The number of nitrogens with zero attached hydrogens (tertiary/aromatic N) is 2. The first-order valence-electron chi connectivity index (χ1n) is 7.50. The number of hydrogen-bond acceptors (Lipinski definition) is 7. The molecule has 3 heterocycles. The minimum absolute atomic E-state index is 0.0448. The van der Waals surface area contributed by atoms with Gasteiger partial charge < -0.3 is 14.2 Å². The Morgan fingerprint density at radius 1 is 1.38 bits per heavy atom. The average molecular weight is 346 g/mol. The number of aryl methyl sites for hydroxylation is 2. The Morgan fingerprint density at radius 2 is 2.21 bits per heavy atom. The maximum absolute atomic E-state index is 12.0. The van der Waals surface area contributed by atoms with Gasteiger partial charge in [-0.2, -0.15) is 0 Å². The third kappa shape index (κ3) is 3.72. The van der Waals surface area contributed by atoms with Gasteiger partial charge in [-0.3, -0.25) is 10.1 Å². The van der Waals surface area contributed by atoms with Gasteiger partial charge in [0.1, 0.15) is 0 Å². The van der Waals surface area contributed by atoms with E-state index < -0.39 is 0 Å². The van der Waals surface area contributed by atoms with Crippen molar-refractivity contribution in [1.29, 1.82) is 0 Å². The van der Waals surface area contributed by atoms with Crippen molar-refractivity contribution in [3.63, 3.8) is 0 Å². The summed E-state index contributed by atoms with van der Waals surface area (Å²) in [5.41, 5.74) is 1.21. The van der Waals surface area contributed by atoms with E-state index in [1.54, 1.807) is 23.5 Å². The van der Waals surface area contributed by atoms with Crippen LogP contribution in [0.2, 0.25) is 0 Å². The molecule has 0 bridgehead atoms. The molecule has 0 saturated heterocycles. The largest absolute Gasteiger partial charge is 0.459 e. The van der Waals surface area contributed by atoms with E-state index in [4.69, 9.17) is 8.83 Å². The van der Waals surface area contributed by atoms with E-state index in [1.807, 2.05) is 6.92 Å². The molecule has 24 heavy (non-hydrogen) atoms. The van der Waals surface area contributed by atoms with E-state index in [0.29, 0.717) is 5.76 Å². The van der Waals surface area contributed by atoms with Gasteiger partial charge in [-0.1, -0.05) is 5.10 Å². The molecule has 8 heteroatoms. The highest BCUT2D eigenvalue weighted by Crippen LogP contribution is 2.26. The summed E-state index contributed by atoms with van der Waals surface area (Å²) < 4.78 is 10.5. The predicted molar refractivity (Wildman–Crippen MR) is 90.8 cm³/mol. The van der Waals surface area contributed by atoms with Crippen LogP contribution in [0.4, 0.5) is 6.01 Å². The van der Waals surface area contributed by atoms with Crippen molar-refractivity contribution in [1.82, 2.24) is 15.5 Å². The van der Waals surface area contributed by atoms with Crippen molar-refractivity contribution >= 4 is 23.3 Å². The molecule has 1 amide bonds. The van der Waals surface area contributed by atoms with Gasteiger partial charge in [0, 0.05) is 15.8 Å². The first-order valence-corrected chi connectivity index (χ1v) is 8.32. The Kier molecular flexibility index (Phi) is 4.77. The second-order valence-electron chi connectivity index (χ2n) is 5.41. The number of hydrogen-bond donors (Lipinski definition) is 2. The Balaban J connectivity index is 1.53. The molecule has 0 spiro atoms. The van der Waals surface area contributed by atoms with Crippen LogP contribution in [0, 0.1) is 13.8 Å². The lowest BCUT2D eigenvalue weighted by atomic mass is 10.1. The van der Waals surface area contributed by atoms with Crippen LogP contribution in [0.5, 0.6) is 0 Å². The average Bonchev–Trinajstić information content (AvgIpc) is 3.25. The Bertz CT molecular complexity index is 822. The summed E-state index contributed by atoms with van der Waals surface area (Å²) in [6.07, 6.45) is 1.51. The summed E-state index contributed by atoms with van der Waals surface area (Å²) in [5.74, 6) is 0.431. The predicted octanol–water partition coefficient (Wildman–Crippen LogP) is 3.30. The Morgan fingerprint density at radius 3 is 2.88 bits per heavy atom. The van der Waals surface area contributed by atoms with Gasteiger partial charge >= 0.3 is 6.01 Å². The standard InChI is InChI=1S/C16H18N4O3S/c1-9-7-12(11(3)24-9)10(2)17-8-14(21)18-16-20-19-15(23-16)13-5-4-6-22-13/h4-7,10,17H,8H2,1-3H3,(H,18,20,21)/t10-/m0/s1. The van der Waals surface area contributed by atoms with Gasteiger partial charge in [-0.25, -0.2) is 0 Å². The monoisotopic (exact) mass is 346 g/mol. The molecule has 0 unspecified atom stereocenters. The van der Waals surface area contributed by atoms with Crippen LogP contribution in [-0.4, -0.2) is 22.6 Å². The van der Waals surface area contributed by atoms with Crippen LogP contribution in [0.1, 0.15) is 28.3 Å². The molecule has 0 aliphatic heterocycles. The fraction of sp³-hybridized carbons (Fsp3) is 0.312. The van der Waals surface area contributed by atoms with Crippen LogP contribution < -0.4 is 10.6 Å². The summed E-state index contributed by atoms with van der Waals surface area (Å²) >= 11 is 1.75.